The molecule has 0 unspecified atom stereocenters. The minimum Gasteiger partial charge on any atom is -0.465 e. The molecule has 14 heavy (non-hydrogen) atoms. The van der Waals surface area contributed by atoms with Gasteiger partial charge in [-0.15, -0.1) is 0 Å². The van der Waals surface area contributed by atoms with Gasteiger partial charge in [0.05, 0.1) is 6.26 Å². The maximum absolute atomic E-state index is 5.39. The van der Waals surface area contributed by atoms with Crippen molar-refractivity contribution in [1.82, 2.24) is 5.32 Å². The van der Waals surface area contributed by atoms with E-state index in [-0.39, 0.29) is 0 Å². The summed E-state index contributed by atoms with van der Waals surface area (Å²) in [4.78, 5) is 0. The molecule has 1 aromatic heterocycles. The molecule has 1 heterocycles. The zero-order chi connectivity index (χ0) is 10.6. The van der Waals surface area contributed by atoms with Crippen molar-refractivity contribution in [3.63, 3.8) is 0 Å². The summed E-state index contributed by atoms with van der Waals surface area (Å²) < 4.78 is 5.39. The smallest absolute Gasteiger partial charge is 0.129 e. The number of aryl methyl sites for hydroxylation is 1. The van der Waals surface area contributed by atoms with Crippen molar-refractivity contribution in [3.05, 3.63) is 29.2 Å². The monoisotopic (exact) mass is 193 g/mol. The molecule has 0 saturated heterocycles. The molecule has 0 saturated carbocycles. The first-order chi connectivity index (χ1) is 6.65. The Balaban J connectivity index is 2.87. The van der Waals surface area contributed by atoms with Crippen LogP contribution in [0.2, 0.25) is 0 Å². The molecule has 0 atom stereocenters. The van der Waals surface area contributed by atoms with Crippen LogP contribution in [0.25, 0.3) is 6.08 Å². The summed E-state index contributed by atoms with van der Waals surface area (Å²) in [5.74, 6) is 1.52. The lowest BCUT2D eigenvalue weighted by molar-refractivity contribution is 0.553. The van der Waals surface area contributed by atoms with E-state index in [2.05, 4.69) is 32.2 Å². The third-order valence-electron chi connectivity index (χ3n) is 2.34. The molecule has 1 N–H and O–H groups in total. The van der Waals surface area contributed by atoms with Gasteiger partial charge in [0.15, 0.2) is 0 Å². The minimum atomic E-state index is 0.548. The van der Waals surface area contributed by atoms with Gasteiger partial charge in [0.25, 0.3) is 0 Å². The van der Waals surface area contributed by atoms with E-state index in [0.717, 1.165) is 12.3 Å². The second kappa shape index (κ2) is 5.01. The zero-order valence-electron chi connectivity index (χ0n) is 9.42. The first-order valence-corrected chi connectivity index (χ1v) is 5.04. The van der Waals surface area contributed by atoms with Gasteiger partial charge < -0.3 is 9.73 Å². The van der Waals surface area contributed by atoms with Gasteiger partial charge in [-0.3, -0.25) is 0 Å². The molecule has 0 aliphatic heterocycles. The Morgan fingerprint density at radius 3 is 2.71 bits per heavy atom. The lowest BCUT2D eigenvalue weighted by Gasteiger charge is -2.10. The average molecular weight is 193 g/mol. The fraction of sp³-hybridized carbons (Fsp3) is 0.500. The van der Waals surface area contributed by atoms with Gasteiger partial charge in [-0.2, -0.15) is 0 Å². The van der Waals surface area contributed by atoms with Crippen LogP contribution in [0.1, 0.15) is 25.2 Å². The minimum absolute atomic E-state index is 0.548. The summed E-state index contributed by atoms with van der Waals surface area (Å²) >= 11 is 0. The van der Waals surface area contributed by atoms with Crippen LogP contribution in [0.15, 0.2) is 22.3 Å². The summed E-state index contributed by atoms with van der Waals surface area (Å²) in [5, 5.41) is 3.17. The molecule has 78 valence electrons. The Bertz CT molecular complexity index is 310. The van der Waals surface area contributed by atoms with Crippen molar-refractivity contribution in [2.75, 3.05) is 13.6 Å². The van der Waals surface area contributed by atoms with Gasteiger partial charge >= 0.3 is 0 Å². The zero-order valence-corrected chi connectivity index (χ0v) is 9.42. The second-order valence-electron chi connectivity index (χ2n) is 3.87. The highest BCUT2D eigenvalue weighted by molar-refractivity contribution is 5.51. The van der Waals surface area contributed by atoms with E-state index in [0.29, 0.717) is 5.92 Å². The van der Waals surface area contributed by atoms with Crippen molar-refractivity contribution >= 4 is 6.08 Å². The predicted molar refractivity (Wildman–Crippen MR) is 60.2 cm³/mol. The van der Waals surface area contributed by atoms with Gasteiger partial charge in [-0.1, -0.05) is 19.4 Å². The van der Waals surface area contributed by atoms with Crippen molar-refractivity contribution < 1.29 is 4.42 Å². The average Bonchev–Trinajstić information content (AvgIpc) is 2.51. The molecule has 0 fully saturated rings. The fourth-order valence-corrected chi connectivity index (χ4v) is 1.33. The summed E-state index contributed by atoms with van der Waals surface area (Å²) in [6.07, 6.45) is 3.87. The topological polar surface area (TPSA) is 25.2 Å². The molecule has 1 aromatic rings. The Morgan fingerprint density at radius 1 is 1.57 bits per heavy atom. The van der Waals surface area contributed by atoms with Crippen molar-refractivity contribution in [1.29, 1.82) is 0 Å². The van der Waals surface area contributed by atoms with Crippen LogP contribution in [0, 0.1) is 12.8 Å². The highest BCUT2D eigenvalue weighted by atomic mass is 16.3. The Labute approximate surface area is 86.0 Å². The van der Waals surface area contributed by atoms with Crippen LogP contribution in [0.5, 0.6) is 0 Å². The normalized spacial score (nSPS) is 12.5. The molecule has 0 aromatic carbocycles. The van der Waals surface area contributed by atoms with E-state index in [4.69, 9.17) is 4.42 Å². The first-order valence-electron chi connectivity index (χ1n) is 5.04. The number of hydrogen-bond acceptors (Lipinski definition) is 2. The van der Waals surface area contributed by atoms with E-state index in [9.17, 15) is 0 Å². The maximum atomic E-state index is 5.39. The van der Waals surface area contributed by atoms with Crippen molar-refractivity contribution in [3.8, 4) is 0 Å². The van der Waals surface area contributed by atoms with Crippen LogP contribution in [-0.4, -0.2) is 13.6 Å². The molecule has 0 aliphatic carbocycles. The lowest BCUT2D eigenvalue weighted by atomic mass is 10.0. The van der Waals surface area contributed by atoms with E-state index in [1.165, 1.54) is 11.1 Å². The van der Waals surface area contributed by atoms with Crippen LogP contribution in [0.3, 0.4) is 0 Å². The molecule has 0 bridgehead atoms. The molecular weight excluding hydrogens is 174 g/mol. The Morgan fingerprint density at radius 2 is 2.29 bits per heavy atom. The third-order valence-corrected chi connectivity index (χ3v) is 2.34. The molecular formula is C12H19NO. The summed E-state index contributed by atoms with van der Waals surface area (Å²) in [5.41, 5.74) is 2.56. The molecule has 0 amide bonds. The largest absolute Gasteiger partial charge is 0.465 e. The van der Waals surface area contributed by atoms with Crippen LogP contribution < -0.4 is 5.32 Å². The summed E-state index contributed by atoms with van der Waals surface area (Å²) in [6.45, 7) is 7.37. The second-order valence-corrected chi connectivity index (χ2v) is 3.87. The SMILES string of the molecule is CNC/C(=C/c1occc1C)C(C)C. The van der Waals surface area contributed by atoms with Crippen molar-refractivity contribution in [2.24, 2.45) is 5.92 Å². The standard InChI is InChI=1S/C12H19NO/c1-9(2)11(8-13-4)7-12-10(3)5-6-14-12/h5-7,9,13H,8H2,1-4H3/b11-7-. The number of rotatable bonds is 4. The number of nitrogens with one attached hydrogen (secondary N) is 1. The van der Waals surface area contributed by atoms with Gasteiger partial charge in [0.2, 0.25) is 0 Å². The molecule has 0 spiro atoms. The molecule has 0 radical (unpaired) electrons. The highest BCUT2D eigenvalue weighted by Crippen LogP contribution is 2.17. The molecule has 1 rings (SSSR count). The quantitative estimate of drug-likeness (QED) is 0.795. The number of likely N-dealkylation sites (N-methyl/N-ethyl adjacent to an activating group) is 1. The highest BCUT2D eigenvalue weighted by Gasteiger charge is 2.05. The Kier molecular flexibility index (Phi) is 3.96. The van der Waals surface area contributed by atoms with Crippen LogP contribution in [-0.2, 0) is 0 Å². The predicted octanol–water partition coefficient (Wildman–Crippen LogP) is 2.85. The first kappa shape index (κ1) is 11.1. The van der Waals surface area contributed by atoms with E-state index >= 15 is 0 Å². The van der Waals surface area contributed by atoms with Gasteiger partial charge in [-0.25, -0.2) is 0 Å². The van der Waals surface area contributed by atoms with E-state index in [1.807, 2.05) is 13.1 Å². The molecule has 2 nitrogen and oxygen atoms in total. The number of furan rings is 1. The van der Waals surface area contributed by atoms with Gasteiger partial charge in [0.1, 0.15) is 5.76 Å². The third kappa shape index (κ3) is 2.74. The van der Waals surface area contributed by atoms with E-state index < -0.39 is 0 Å². The summed E-state index contributed by atoms with van der Waals surface area (Å²) in [7, 11) is 1.96. The summed E-state index contributed by atoms with van der Waals surface area (Å²) in [6, 6.07) is 1.99. The van der Waals surface area contributed by atoms with E-state index in [1.54, 1.807) is 6.26 Å². The van der Waals surface area contributed by atoms with Gasteiger partial charge in [0, 0.05) is 6.54 Å². The van der Waals surface area contributed by atoms with Gasteiger partial charge in [-0.05, 0) is 37.6 Å². The van der Waals surface area contributed by atoms with Crippen LogP contribution >= 0.6 is 0 Å². The fourth-order valence-electron chi connectivity index (χ4n) is 1.33. The Hall–Kier alpha value is -1.02. The maximum Gasteiger partial charge on any atom is 0.129 e. The molecule has 2 heteroatoms. The number of hydrogen-bond donors (Lipinski definition) is 1. The molecule has 0 aliphatic rings. The lowest BCUT2D eigenvalue weighted by Crippen LogP contribution is -2.13. The van der Waals surface area contributed by atoms with Crippen molar-refractivity contribution in [2.45, 2.75) is 20.8 Å². The van der Waals surface area contributed by atoms with Crippen LogP contribution in [0.4, 0.5) is 0 Å².